The van der Waals surface area contributed by atoms with Gasteiger partial charge in [-0.15, -0.1) is 0 Å². The Bertz CT molecular complexity index is 1880. The van der Waals surface area contributed by atoms with E-state index < -0.39 is 5.82 Å². The number of hydrogen-bond donors (Lipinski definition) is 3. The quantitative estimate of drug-likeness (QED) is 0.264. The van der Waals surface area contributed by atoms with Crippen LogP contribution in [0.15, 0.2) is 73.3 Å². The SMILES string of the molecule is Nc1nccn2c(C3CCC(C(=O)Nc4ncn[nH]4)CC3)nc(-c3ccc4ccc(-c5ccccc5)nc4c3F)c12. The number of nitrogen functional groups attached to an aromatic ring is 1. The third kappa shape index (κ3) is 4.45. The van der Waals surface area contributed by atoms with Gasteiger partial charge in [0.1, 0.15) is 34.7 Å². The molecular formula is C30H26FN9O. The summed E-state index contributed by atoms with van der Waals surface area (Å²) in [6.45, 7) is 0. The van der Waals surface area contributed by atoms with E-state index in [9.17, 15) is 4.79 Å². The number of benzene rings is 2. The first kappa shape index (κ1) is 24.8. The summed E-state index contributed by atoms with van der Waals surface area (Å²) in [5, 5.41) is 9.90. The number of amides is 1. The van der Waals surface area contributed by atoms with Gasteiger partial charge in [0.05, 0.1) is 5.69 Å². The Morgan fingerprint density at radius 3 is 2.59 bits per heavy atom. The number of nitrogens with one attached hydrogen (secondary N) is 2. The van der Waals surface area contributed by atoms with Gasteiger partial charge in [-0.1, -0.05) is 42.5 Å². The topological polar surface area (TPSA) is 140 Å². The molecule has 0 aliphatic heterocycles. The molecule has 4 heterocycles. The van der Waals surface area contributed by atoms with Crippen LogP contribution < -0.4 is 11.1 Å². The van der Waals surface area contributed by atoms with E-state index in [1.807, 2.05) is 59.1 Å². The number of nitrogens with zero attached hydrogens (tertiary/aromatic N) is 6. The fourth-order valence-electron chi connectivity index (χ4n) is 5.77. The standard InChI is InChI=1S/C30H26FN9O/c31-23-21(12-10-18-11-13-22(36-24(18)23)17-4-2-1-3-5-17)25-26-27(32)33-14-15-40(26)28(37-25)19-6-8-20(9-7-19)29(41)38-30-34-16-35-39-30/h1-5,10-16,19-20H,6-9H2,(H2,32,33)(H2,34,35,38,39,41). The van der Waals surface area contributed by atoms with Crippen LogP contribution in [0.2, 0.25) is 0 Å². The van der Waals surface area contributed by atoms with Gasteiger partial charge >= 0.3 is 0 Å². The van der Waals surface area contributed by atoms with Crippen LogP contribution in [-0.2, 0) is 4.79 Å². The Kier molecular flexibility index (Phi) is 6.11. The van der Waals surface area contributed by atoms with E-state index in [0.29, 0.717) is 46.6 Å². The Balaban J connectivity index is 1.24. The first-order valence-corrected chi connectivity index (χ1v) is 13.5. The lowest BCUT2D eigenvalue weighted by Gasteiger charge is -2.26. The van der Waals surface area contributed by atoms with Crippen molar-refractivity contribution < 1.29 is 9.18 Å². The third-order valence-corrected chi connectivity index (χ3v) is 7.86. The van der Waals surface area contributed by atoms with Crippen molar-refractivity contribution in [2.45, 2.75) is 31.6 Å². The summed E-state index contributed by atoms with van der Waals surface area (Å²) in [7, 11) is 0. The van der Waals surface area contributed by atoms with Crippen molar-refractivity contribution in [1.29, 1.82) is 0 Å². The Morgan fingerprint density at radius 2 is 1.80 bits per heavy atom. The second-order valence-electron chi connectivity index (χ2n) is 10.3. The summed E-state index contributed by atoms with van der Waals surface area (Å²) in [4.78, 5) is 30.6. The van der Waals surface area contributed by atoms with E-state index in [1.165, 1.54) is 6.33 Å². The predicted molar refractivity (Wildman–Crippen MR) is 153 cm³/mol. The molecule has 1 amide bonds. The normalized spacial score (nSPS) is 17.2. The monoisotopic (exact) mass is 547 g/mol. The van der Waals surface area contributed by atoms with Gasteiger partial charge in [0.15, 0.2) is 5.82 Å². The number of anilines is 2. The van der Waals surface area contributed by atoms with Gasteiger partial charge < -0.3 is 5.73 Å². The van der Waals surface area contributed by atoms with Crippen molar-refractivity contribution >= 4 is 34.1 Å². The van der Waals surface area contributed by atoms with Crippen LogP contribution in [0.5, 0.6) is 0 Å². The summed E-state index contributed by atoms with van der Waals surface area (Å²) in [5.74, 6) is 0.781. The Morgan fingerprint density at radius 1 is 1.00 bits per heavy atom. The smallest absolute Gasteiger partial charge is 0.229 e. The highest BCUT2D eigenvalue weighted by Crippen LogP contribution is 2.40. The van der Waals surface area contributed by atoms with E-state index in [0.717, 1.165) is 24.2 Å². The van der Waals surface area contributed by atoms with Gasteiger partial charge in [-0.3, -0.25) is 14.5 Å². The van der Waals surface area contributed by atoms with Crippen molar-refractivity contribution in [3.63, 3.8) is 0 Å². The molecule has 4 N–H and O–H groups in total. The molecule has 1 aliphatic carbocycles. The zero-order valence-corrected chi connectivity index (χ0v) is 22.0. The Labute approximate surface area is 233 Å². The molecule has 0 bridgehead atoms. The number of fused-ring (bicyclic) bond motifs is 2. The largest absolute Gasteiger partial charge is 0.382 e. The van der Waals surface area contributed by atoms with Gasteiger partial charge in [0.2, 0.25) is 11.9 Å². The number of carbonyl (C=O) groups excluding carboxylic acids is 1. The summed E-state index contributed by atoms with van der Waals surface area (Å²) in [6, 6.07) is 17.0. The van der Waals surface area contributed by atoms with Crippen LogP contribution in [-0.4, -0.2) is 40.4 Å². The zero-order valence-electron chi connectivity index (χ0n) is 22.0. The maximum absolute atomic E-state index is 16.2. The molecule has 7 rings (SSSR count). The van der Waals surface area contributed by atoms with Crippen molar-refractivity contribution in [3.05, 3.63) is 85.0 Å². The second-order valence-corrected chi connectivity index (χ2v) is 10.3. The maximum atomic E-state index is 16.2. The molecule has 1 saturated carbocycles. The molecule has 204 valence electrons. The first-order valence-electron chi connectivity index (χ1n) is 13.5. The summed E-state index contributed by atoms with van der Waals surface area (Å²) >= 11 is 0. The number of H-pyrrole nitrogens is 1. The van der Waals surface area contributed by atoms with Gasteiger partial charge in [0.25, 0.3) is 0 Å². The minimum Gasteiger partial charge on any atom is -0.382 e. The number of hydrogen-bond acceptors (Lipinski definition) is 7. The van der Waals surface area contributed by atoms with Crippen molar-refractivity contribution in [2.75, 3.05) is 11.1 Å². The number of aromatic amines is 1. The van der Waals surface area contributed by atoms with Crippen LogP contribution in [0.4, 0.5) is 16.2 Å². The van der Waals surface area contributed by atoms with Crippen LogP contribution in [0.1, 0.15) is 37.4 Å². The molecule has 2 aromatic carbocycles. The lowest BCUT2D eigenvalue weighted by atomic mass is 9.81. The molecule has 1 aliphatic rings. The van der Waals surface area contributed by atoms with E-state index in [-0.39, 0.29) is 29.1 Å². The molecule has 0 saturated heterocycles. The van der Waals surface area contributed by atoms with E-state index >= 15 is 4.39 Å². The van der Waals surface area contributed by atoms with E-state index in [4.69, 9.17) is 10.7 Å². The van der Waals surface area contributed by atoms with Gasteiger partial charge in [-0.05, 0) is 37.8 Å². The maximum Gasteiger partial charge on any atom is 0.229 e. The highest BCUT2D eigenvalue weighted by Gasteiger charge is 2.31. The van der Waals surface area contributed by atoms with Gasteiger partial charge in [0, 0.05) is 40.7 Å². The van der Waals surface area contributed by atoms with Gasteiger partial charge in [-0.2, -0.15) is 10.1 Å². The molecule has 0 atom stereocenters. The number of rotatable bonds is 5. The van der Waals surface area contributed by atoms with Crippen LogP contribution in [0.25, 0.3) is 38.9 Å². The number of pyridine rings is 1. The Hall–Kier alpha value is -5.19. The molecule has 1 fully saturated rings. The number of carbonyl (C=O) groups is 1. The molecule has 0 spiro atoms. The van der Waals surface area contributed by atoms with E-state index in [2.05, 4.69) is 30.5 Å². The average Bonchev–Trinajstić information content (AvgIpc) is 3.67. The number of halogens is 1. The molecule has 41 heavy (non-hydrogen) atoms. The average molecular weight is 548 g/mol. The highest BCUT2D eigenvalue weighted by molar-refractivity contribution is 5.92. The summed E-state index contributed by atoms with van der Waals surface area (Å²) in [5.41, 5.74) is 9.53. The van der Waals surface area contributed by atoms with Crippen molar-refractivity contribution in [3.8, 4) is 22.5 Å². The lowest BCUT2D eigenvalue weighted by Crippen LogP contribution is -2.27. The van der Waals surface area contributed by atoms with Crippen LogP contribution in [0.3, 0.4) is 0 Å². The number of aromatic nitrogens is 7. The van der Waals surface area contributed by atoms with Gasteiger partial charge in [-0.25, -0.2) is 24.4 Å². The van der Waals surface area contributed by atoms with Crippen molar-refractivity contribution in [2.24, 2.45) is 5.92 Å². The van der Waals surface area contributed by atoms with Crippen LogP contribution in [0, 0.1) is 11.7 Å². The minimum atomic E-state index is -0.456. The minimum absolute atomic E-state index is 0.0682. The second kappa shape index (κ2) is 10.1. The highest BCUT2D eigenvalue weighted by atomic mass is 19.1. The van der Waals surface area contributed by atoms with E-state index in [1.54, 1.807) is 12.3 Å². The molecular weight excluding hydrogens is 521 g/mol. The molecule has 11 heteroatoms. The third-order valence-electron chi connectivity index (χ3n) is 7.86. The fourth-order valence-corrected chi connectivity index (χ4v) is 5.77. The molecule has 0 radical (unpaired) electrons. The summed E-state index contributed by atoms with van der Waals surface area (Å²) < 4.78 is 18.1. The fraction of sp³-hybridized carbons (Fsp3) is 0.200. The number of nitrogens with two attached hydrogens (primary N) is 1. The molecule has 0 unspecified atom stereocenters. The summed E-state index contributed by atoms with van der Waals surface area (Å²) in [6.07, 6.45) is 7.65. The predicted octanol–water partition coefficient (Wildman–Crippen LogP) is 5.36. The van der Waals surface area contributed by atoms with Crippen LogP contribution >= 0.6 is 0 Å². The number of imidazole rings is 1. The molecule has 4 aromatic heterocycles. The first-order chi connectivity index (χ1) is 20.1. The molecule has 10 nitrogen and oxygen atoms in total. The molecule has 6 aromatic rings. The lowest BCUT2D eigenvalue weighted by molar-refractivity contribution is -0.120. The van der Waals surface area contributed by atoms with Crippen molar-refractivity contribution in [1.82, 2.24) is 34.5 Å². The zero-order chi connectivity index (χ0) is 27.9.